The number of aliphatic carboxylic acids is 1. The Kier molecular flexibility index (Phi) is 4.17. The lowest BCUT2D eigenvalue weighted by atomic mass is 10.0. The van der Waals surface area contributed by atoms with E-state index in [1.54, 1.807) is 12.1 Å². The van der Waals surface area contributed by atoms with Gasteiger partial charge in [-0.05, 0) is 36.8 Å². The number of carboxylic acid groups (broad SMARTS) is 1. The number of carboxylic acids is 1. The van der Waals surface area contributed by atoms with Gasteiger partial charge in [-0.1, -0.05) is 29.8 Å². The summed E-state index contributed by atoms with van der Waals surface area (Å²) < 4.78 is 39.1. The topological polar surface area (TPSA) is 91.7 Å². The molecule has 3 rings (SSSR count). The third-order valence-corrected chi connectivity index (χ3v) is 7.12. The molecule has 2 aromatic carbocycles. The highest BCUT2D eigenvalue weighted by atomic mass is 32.2. The van der Waals surface area contributed by atoms with Crippen LogP contribution < -0.4 is 0 Å². The molecule has 0 bridgehead atoms. The van der Waals surface area contributed by atoms with Gasteiger partial charge in [0.1, 0.15) is 11.2 Å². The Bertz CT molecular complexity index is 905. The summed E-state index contributed by atoms with van der Waals surface area (Å²) in [4.78, 5) is 11.8. The van der Waals surface area contributed by atoms with Crippen molar-refractivity contribution in [2.24, 2.45) is 5.41 Å². The van der Waals surface area contributed by atoms with Gasteiger partial charge in [-0.2, -0.15) is 0 Å². The first-order valence-electron chi connectivity index (χ1n) is 7.65. The second-order valence-corrected chi connectivity index (χ2v) is 8.38. The summed E-state index contributed by atoms with van der Waals surface area (Å²) in [5.41, 5.74) is -0.586. The summed E-state index contributed by atoms with van der Waals surface area (Å²) in [6.07, 6.45) is 0. The molecule has 0 amide bonds. The van der Waals surface area contributed by atoms with Gasteiger partial charge in [-0.3, -0.25) is 4.79 Å². The molecule has 7 heteroatoms. The van der Waals surface area contributed by atoms with Crippen LogP contribution in [0.4, 0.5) is 4.39 Å². The second-order valence-electron chi connectivity index (χ2n) is 6.31. The van der Waals surface area contributed by atoms with Gasteiger partial charge in [0.15, 0.2) is 9.84 Å². The third-order valence-electron chi connectivity index (χ3n) is 4.83. The zero-order valence-corrected chi connectivity index (χ0v) is 14.2. The molecule has 0 aromatic heterocycles. The highest BCUT2D eigenvalue weighted by Crippen LogP contribution is 2.64. The predicted molar refractivity (Wildman–Crippen MR) is 88.4 cm³/mol. The minimum absolute atomic E-state index is 0.00628. The fourth-order valence-corrected chi connectivity index (χ4v) is 5.75. The third kappa shape index (κ3) is 2.63. The first-order chi connectivity index (χ1) is 11.7. The Morgan fingerprint density at radius 2 is 1.68 bits per heavy atom. The van der Waals surface area contributed by atoms with Crippen molar-refractivity contribution in [3.63, 3.8) is 0 Å². The maximum atomic E-state index is 13.2. The first kappa shape index (κ1) is 17.6. The van der Waals surface area contributed by atoms with Crippen molar-refractivity contribution < 1.29 is 27.8 Å². The van der Waals surface area contributed by atoms with Gasteiger partial charge in [0, 0.05) is 5.92 Å². The van der Waals surface area contributed by atoms with E-state index in [-0.39, 0.29) is 4.90 Å². The van der Waals surface area contributed by atoms with Crippen LogP contribution in [0.2, 0.25) is 0 Å². The van der Waals surface area contributed by atoms with Crippen LogP contribution in [0.3, 0.4) is 0 Å². The summed E-state index contributed by atoms with van der Waals surface area (Å²) in [5, 5.41) is 18.0. The lowest BCUT2D eigenvalue weighted by Crippen LogP contribution is -2.27. The predicted octanol–water partition coefficient (Wildman–Crippen LogP) is 2.14. The van der Waals surface area contributed by atoms with Gasteiger partial charge in [0.25, 0.3) is 0 Å². The summed E-state index contributed by atoms with van der Waals surface area (Å²) in [6, 6.07) is 11.1. The Labute approximate surface area is 144 Å². The van der Waals surface area contributed by atoms with Crippen LogP contribution >= 0.6 is 0 Å². The number of aryl methyl sites for hydroxylation is 1. The number of hydrogen-bond acceptors (Lipinski definition) is 4. The molecule has 3 atom stereocenters. The van der Waals surface area contributed by atoms with E-state index in [0.717, 1.165) is 17.7 Å². The highest BCUT2D eigenvalue weighted by Gasteiger charge is 2.75. The van der Waals surface area contributed by atoms with E-state index in [2.05, 4.69) is 0 Å². The Balaban J connectivity index is 2.10. The van der Waals surface area contributed by atoms with Gasteiger partial charge in [0.05, 0.1) is 16.8 Å². The zero-order chi connectivity index (χ0) is 18.4. The molecule has 0 unspecified atom stereocenters. The average Bonchev–Trinajstić information content (AvgIpc) is 3.27. The number of aliphatic hydroxyl groups is 1. The van der Waals surface area contributed by atoms with Crippen molar-refractivity contribution in [2.75, 3.05) is 6.61 Å². The van der Waals surface area contributed by atoms with Crippen molar-refractivity contribution in [1.29, 1.82) is 0 Å². The SMILES string of the molecule is Cc1ccc(S(=O)(=O)[C@@H]2[C@H](c3ccc(F)cc3)[C@]2(CO)C(=O)O)cc1. The van der Waals surface area contributed by atoms with Crippen molar-refractivity contribution >= 4 is 15.8 Å². The van der Waals surface area contributed by atoms with E-state index >= 15 is 0 Å². The number of halogens is 1. The number of carbonyl (C=O) groups is 1. The van der Waals surface area contributed by atoms with E-state index < -0.39 is 44.8 Å². The number of hydrogen-bond donors (Lipinski definition) is 2. The molecule has 0 heterocycles. The van der Waals surface area contributed by atoms with Crippen molar-refractivity contribution in [3.05, 3.63) is 65.5 Å². The average molecular weight is 364 g/mol. The molecule has 0 saturated heterocycles. The van der Waals surface area contributed by atoms with Gasteiger partial charge < -0.3 is 10.2 Å². The zero-order valence-electron chi connectivity index (χ0n) is 13.4. The van der Waals surface area contributed by atoms with Crippen molar-refractivity contribution in [3.8, 4) is 0 Å². The van der Waals surface area contributed by atoms with Gasteiger partial charge in [-0.15, -0.1) is 0 Å². The van der Waals surface area contributed by atoms with Crippen LogP contribution in [-0.2, 0) is 14.6 Å². The summed E-state index contributed by atoms with van der Waals surface area (Å²) in [6.45, 7) is 0.990. The molecule has 1 aliphatic rings. The van der Waals surface area contributed by atoms with Crippen molar-refractivity contribution in [1.82, 2.24) is 0 Å². The molecule has 1 aliphatic carbocycles. The molecule has 132 valence electrons. The van der Waals surface area contributed by atoms with Gasteiger partial charge >= 0.3 is 5.97 Å². The van der Waals surface area contributed by atoms with E-state index in [9.17, 15) is 27.8 Å². The smallest absolute Gasteiger partial charge is 0.314 e. The maximum absolute atomic E-state index is 13.2. The quantitative estimate of drug-likeness (QED) is 0.848. The van der Waals surface area contributed by atoms with Crippen LogP contribution in [0.25, 0.3) is 0 Å². The summed E-state index contributed by atoms with van der Waals surface area (Å²) in [5.74, 6) is -2.83. The summed E-state index contributed by atoms with van der Waals surface area (Å²) >= 11 is 0. The molecular formula is C18H17FO5S. The highest BCUT2D eigenvalue weighted by molar-refractivity contribution is 7.92. The molecule has 0 spiro atoms. The maximum Gasteiger partial charge on any atom is 0.314 e. The number of benzene rings is 2. The van der Waals surface area contributed by atoms with E-state index in [0.29, 0.717) is 5.56 Å². The largest absolute Gasteiger partial charge is 0.481 e. The fraction of sp³-hybridized carbons (Fsp3) is 0.278. The minimum atomic E-state index is -3.99. The fourth-order valence-electron chi connectivity index (χ4n) is 3.39. The van der Waals surface area contributed by atoms with E-state index in [1.807, 2.05) is 6.92 Å². The van der Waals surface area contributed by atoms with Crippen LogP contribution in [0.1, 0.15) is 17.0 Å². The number of sulfone groups is 1. The Morgan fingerprint density at radius 1 is 1.12 bits per heavy atom. The monoisotopic (exact) mass is 364 g/mol. The summed E-state index contributed by atoms with van der Waals surface area (Å²) in [7, 11) is -3.99. The Hall–Kier alpha value is -2.25. The normalized spacial score (nSPS) is 25.6. The Morgan fingerprint density at radius 3 is 2.16 bits per heavy atom. The van der Waals surface area contributed by atoms with Crippen molar-refractivity contribution in [2.45, 2.75) is 23.0 Å². The molecule has 0 aliphatic heterocycles. The van der Waals surface area contributed by atoms with E-state index in [4.69, 9.17) is 0 Å². The van der Waals surface area contributed by atoms with Gasteiger partial charge in [-0.25, -0.2) is 12.8 Å². The lowest BCUT2D eigenvalue weighted by molar-refractivity contribution is -0.145. The van der Waals surface area contributed by atoms with Crippen LogP contribution in [0, 0.1) is 18.2 Å². The second kappa shape index (κ2) is 5.93. The lowest BCUT2D eigenvalue weighted by Gasteiger charge is -2.09. The van der Waals surface area contributed by atoms with E-state index in [1.165, 1.54) is 24.3 Å². The first-order valence-corrected chi connectivity index (χ1v) is 9.20. The van der Waals surface area contributed by atoms with Crippen LogP contribution in [-0.4, -0.2) is 36.5 Å². The molecule has 5 nitrogen and oxygen atoms in total. The van der Waals surface area contributed by atoms with Gasteiger partial charge in [0.2, 0.25) is 0 Å². The van der Waals surface area contributed by atoms with Crippen LogP contribution in [0.15, 0.2) is 53.4 Å². The number of aliphatic hydroxyl groups excluding tert-OH is 1. The molecule has 2 aromatic rings. The standard InChI is InChI=1S/C18H17FO5S/c1-11-2-8-14(9-3-11)25(23,24)16-15(18(16,10-20)17(21)22)12-4-6-13(19)7-5-12/h2-9,15-16,20H,10H2,1H3,(H,21,22)/t15-,16+,18-/m0/s1. The molecule has 2 N–H and O–H groups in total. The molecule has 25 heavy (non-hydrogen) atoms. The minimum Gasteiger partial charge on any atom is -0.481 e. The molecular weight excluding hydrogens is 347 g/mol. The number of rotatable bonds is 5. The molecule has 1 saturated carbocycles. The molecule has 0 radical (unpaired) electrons. The van der Waals surface area contributed by atoms with Crippen LogP contribution in [0.5, 0.6) is 0 Å². The molecule has 1 fully saturated rings.